The molecule has 2 amide bonds. The average Bonchev–Trinajstić information content (AvgIpc) is 2.60. The molecule has 2 rings (SSSR count). The molecule has 4 nitrogen and oxygen atoms in total. The maximum atomic E-state index is 12.4. The SMILES string of the molecule is CCCNC(=O)c1cccc(C(=O)NC(C)c2ccccc2)c1. The van der Waals surface area contributed by atoms with Crippen LogP contribution in [0.4, 0.5) is 0 Å². The molecule has 0 bridgehead atoms. The minimum Gasteiger partial charge on any atom is -0.352 e. The number of rotatable bonds is 6. The molecule has 0 spiro atoms. The molecule has 0 aromatic heterocycles. The van der Waals surface area contributed by atoms with Gasteiger partial charge in [-0.1, -0.05) is 43.3 Å². The molecular formula is C19H22N2O2. The number of benzene rings is 2. The van der Waals surface area contributed by atoms with E-state index in [-0.39, 0.29) is 17.9 Å². The van der Waals surface area contributed by atoms with Gasteiger partial charge in [-0.2, -0.15) is 0 Å². The van der Waals surface area contributed by atoms with Crippen molar-refractivity contribution in [2.24, 2.45) is 0 Å². The second-order valence-corrected chi connectivity index (χ2v) is 5.44. The lowest BCUT2D eigenvalue weighted by Crippen LogP contribution is -2.27. The lowest BCUT2D eigenvalue weighted by molar-refractivity contribution is 0.0940. The monoisotopic (exact) mass is 310 g/mol. The molecule has 0 radical (unpaired) electrons. The molecule has 1 unspecified atom stereocenters. The zero-order chi connectivity index (χ0) is 16.7. The number of hydrogen-bond donors (Lipinski definition) is 2. The first-order valence-electron chi connectivity index (χ1n) is 7.86. The Hall–Kier alpha value is -2.62. The first-order chi connectivity index (χ1) is 11.1. The van der Waals surface area contributed by atoms with Gasteiger partial charge in [-0.15, -0.1) is 0 Å². The normalized spacial score (nSPS) is 11.6. The van der Waals surface area contributed by atoms with Crippen molar-refractivity contribution >= 4 is 11.8 Å². The highest BCUT2D eigenvalue weighted by atomic mass is 16.2. The van der Waals surface area contributed by atoms with E-state index >= 15 is 0 Å². The largest absolute Gasteiger partial charge is 0.352 e. The third kappa shape index (κ3) is 4.68. The van der Waals surface area contributed by atoms with Gasteiger partial charge in [-0.05, 0) is 37.1 Å². The predicted octanol–water partition coefficient (Wildman–Crippen LogP) is 3.32. The number of hydrogen-bond acceptors (Lipinski definition) is 2. The standard InChI is InChI=1S/C19H22N2O2/c1-3-12-20-18(22)16-10-7-11-17(13-16)19(23)21-14(2)15-8-5-4-6-9-15/h4-11,13-14H,3,12H2,1-2H3,(H,20,22)(H,21,23). The van der Waals surface area contributed by atoms with Crippen molar-refractivity contribution in [1.82, 2.24) is 10.6 Å². The Morgan fingerprint density at radius 2 is 1.61 bits per heavy atom. The number of carbonyl (C=O) groups is 2. The van der Waals surface area contributed by atoms with Crippen LogP contribution in [0.2, 0.25) is 0 Å². The summed E-state index contributed by atoms with van der Waals surface area (Å²) in [6.07, 6.45) is 0.876. The number of nitrogens with one attached hydrogen (secondary N) is 2. The van der Waals surface area contributed by atoms with E-state index in [0.717, 1.165) is 12.0 Å². The zero-order valence-electron chi connectivity index (χ0n) is 13.5. The molecule has 2 aromatic rings. The highest BCUT2D eigenvalue weighted by molar-refractivity contribution is 5.99. The van der Waals surface area contributed by atoms with Crippen LogP contribution in [0.5, 0.6) is 0 Å². The van der Waals surface area contributed by atoms with Crippen LogP contribution in [-0.2, 0) is 0 Å². The van der Waals surface area contributed by atoms with Crippen molar-refractivity contribution in [3.05, 3.63) is 71.3 Å². The van der Waals surface area contributed by atoms with Crippen LogP contribution < -0.4 is 10.6 Å². The molecule has 23 heavy (non-hydrogen) atoms. The van der Waals surface area contributed by atoms with Crippen LogP contribution >= 0.6 is 0 Å². The molecule has 1 atom stereocenters. The first-order valence-corrected chi connectivity index (χ1v) is 7.86. The smallest absolute Gasteiger partial charge is 0.251 e. The lowest BCUT2D eigenvalue weighted by Gasteiger charge is -2.14. The number of carbonyl (C=O) groups excluding carboxylic acids is 2. The molecule has 120 valence electrons. The van der Waals surface area contributed by atoms with Crippen molar-refractivity contribution in [3.63, 3.8) is 0 Å². The highest BCUT2D eigenvalue weighted by Crippen LogP contribution is 2.13. The maximum absolute atomic E-state index is 12.4. The summed E-state index contributed by atoms with van der Waals surface area (Å²) >= 11 is 0. The van der Waals surface area contributed by atoms with Crippen LogP contribution in [0.1, 0.15) is 52.6 Å². The van der Waals surface area contributed by atoms with Gasteiger partial charge in [-0.25, -0.2) is 0 Å². The third-order valence-corrected chi connectivity index (χ3v) is 3.57. The van der Waals surface area contributed by atoms with E-state index in [9.17, 15) is 9.59 Å². The fourth-order valence-corrected chi connectivity index (χ4v) is 2.25. The molecule has 2 N–H and O–H groups in total. The second kappa shape index (κ2) is 8.13. The van der Waals surface area contributed by atoms with Crippen LogP contribution in [0.15, 0.2) is 54.6 Å². The lowest BCUT2D eigenvalue weighted by atomic mass is 10.1. The third-order valence-electron chi connectivity index (χ3n) is 3.57. The molecule has 0 aliphatic rings. The van der Waals surface area contributed by atoms with Gasteiger partial charge in [-0.3, -0.25) is 9.59 Å². The predicted molar refractivity (Wildman–Crippen MR) is 91.4 cm³/mol. The van der Waals surface area contributed by atoms with E-state index in [2.05, 4.69) is 10.6 Å². The fourth-order valence-electron chi connectivity index (χ4n) is 2.25. The van der Waals surface area contributed by atoms with E-state index in [1.165, 1.54) is 0 Å². The summed E-state index contributed by atoms with van der Waals surface area (Å²) in [5.74, 6) is -0.343. The topological polar surface area (TPSA) is 58.2 Å². The molecule has 0 heterocycles. The van der Waals surface area contributed by atoms with E-state index < -0.39 is 0 Å². The van der Waals surface area contributed by atoms with E-state index in [1.807, 2.05) is 44.2 Å². The minimum absolute atomic E-state index is 0.0960. The fraction of sp³-hybridized carbons (Fsp3) is 0.263. The van der Waals surface area contributed by atoms with Crippen LogP contribution in [-0.4, -0.2) is 18.4 Å². The second-order valence-electron chi connectivity index (χ2n) is 5.44. The summed E-state index contributed by atoms with van der Waals surface area (Å²) in [6, 6.07) is 16.4. The maximum Gasteiger partial charge on any atom is 0.251 e. The van der Waals surface area contributed by atoms with Crippen molar-refractivity contribution in [3.8, 4) is 0 Å². The first kappa shape index (κ1) is 16.7. The summed E-state index contributed by atoms with van der Waals surface area (Å²) in [6.45, 7) is 4.56. The van der Waals surface area contributed by atoms with Gasteiger partial charge in [0.1, 0.15) is 0 Å². The van der Waals surface area contributed by atoms with Gasteiger partial charge < -0.3 is 10.6 Å². The highest BCUT2D eigenvalue weighted by Gasteiger charge is 2.13. The quantitative estimate of drug-likeness (QED) is 0.860. The van der Waals surface area contributed by atoms with Crippen molar-refractivity contribution in [2.75, 3.05) is 6.54 Å². The van der Waals surface area contributed by atoms with Gasteiger partial charge in [0.15, 0.2) is 0 Å². The Kier molecular flexibility index (Phi) is 5.92. The molecule has 0 aliphatic heterocycles. The summed E-state index contributed by atoms with van der Waals surface area (Å²) in [7, 11) is 0. The average molecular weight is 310 g/mol. The van der Waals surface area contributed by atoms with E-state index in [0.29, 0.717) is 17.7 Å². The summed E-state index contributed by atoms with van der Waals surface area (Å²) in [4.78, 5) is 24.4. The molecular weight excluding hydrogens is 288 g/mol. The molecule has 0 saturated heterocycles. The molecule has 2 aromatic carbocycles. The van der Waals surface area contributed by atoms with E-state index in [1.54, 1.807) is 24.3 Å². The molecule has 4 heteroatoms. The van der Waals surface area contributed by atoms with Crippen LogP contribution in [0.3, 0.4) is 0 Å². The van der Waals surface area contributed by atoms with Crippen LogP contribution in [0, 0.1) is 0 Å². The van der Waals surface area contributed by atoms with Gasteiger partial charge in [0, 0.05) is 17.7 Å². The van der Waals surface area contributed by atoms with Gasteiger partial charge in [0.25, 0.3) is 11.8 Å². The van der Waals surface area contributed by atoms with Crippen molar-refractivity contribution in [2.45, 2.75) is 26.3 Å². The summed E-state index contributed by atoms with van der Waals surface area (Å²) in [5.41, 5.74) is 2.02. The Morgan fingerprint density at radius 1 is 0.957 bits per heavy atom. The Balaban J connectivity index is 2.06. The van der Waals surface area contributed by atoms with E-state index in [4.69, 9.17) is 0 Å². The van der Waals surface area contributed by atoms with Crippen LogP contribution in [0.25, 0.3) is 0 Å². The number of amides is 2. The Labute approximate surface area is 136 Å². The molecule has 0 fully saturated rings. The molecule has 0 aliphatic carbocycles. The Morgan fingerprint density at radius 3 is 2.26 bits per heavy atom. The van der Waals surface area contributed by atoms with Crippen molar-refractivity contribution < 1.29 is 9.59 Å². The Bertz CT molecular complexity index is 668. The minimum atomic E-state index is -0.188. The van der Waals surface area contributed by atoms with Gasteiger partial charge >= 0.3 is 0 Å². The van der Waals surface area contributed by atoms with Crippen molar-refractivity contribution in [1.29, 1.82) is 0 Å². The summed E-state index contributed by atoms with van der Waals surface area (Å²) in [5, 5.41) is 5.76. The van der Waals surface area contributed by atoms with Gasteiger partial charge in [0.2, 0.25) is 0 Å². The summed E-state index contributed by atoms with van der Waals surface area (Å²) < 4.78 is 0. The van der Waals surface area contributed by atoms with Gasteiger partial charge in [0.05, 0.1) is 6.04 Å². The molecule has 0 saturated carbocycles. The zero-order valence-corrected chi connectivity index (χ0v) is 13.5.